The molecule has 0 fully saturated rings. The highest BCUT2D eigenvalue weighted by molar-refractivity contribution is 5.95. The van der Waals surface area contributed by atoms with Gasteiger partial charge in [-0.1, -0.05) is 13.8 Å². The second kappa shape index (κ2) is 4.64. The number of hydrogen-bond donors (Lipinski definition) is 1. The average Bonchev–Trinajstić information content (AvgIpc) is 2.15. The van der Waals surface area contributed by atoms with Gasteiger partial charge in [0.05, 0.1) is 5.56 Å². The molecular formula is C13H20N2O. The maximum Gasteiger partial charge on any atom is 0.253 e. The Balaban J connectivity index is 3.00. The van der Waals surface area contributed by atoms with Crippen LogP contribution in [-0.2, 0) is 0 Å². The Morgan fingerprint density at radius 2 is 2.00 bits per heavy atom. The molecule has 88 valence electrons. The lowest BCUT2D eigenvalue weighted by molar-refractivity contribution is 0.0918. The van der Waals surface area contributed by atoms with Crippen molar-refractivity contribution in [3.63, 3.8) is 0 Å². The molecule has 1 rings (SSSR count). The lowest BCUT2D eigenvalue weighted by Gasteiger charge is -2.21. The van der Waals surface area contributed by atoms with Crippen LogP contribution in [0.4, 0.5) is 0 Å². The third-order valence-corrected chi connectivity index (χ3v) is 2.21. The van der Waals surface area contributed by atoms with Crippen molar-refractivity contribution in [2.75, 3.05) is 0 Å². The van der Waals surface area contributed by atoms with Gasteiger partial charge >= 0.3 is 0 Å². The van der Waals surface area contributed by atoms with E-state index in [1.807, 2.05) is 26.8 Å². The van der Waals surface area contributed by atoms with Gasteiger partial charge in [0.2, 0.25) is 0 Å². The zero-order chi connectivity index (χ0) is 12.3. The quantitative estimate of drug-likeness (QED) is 0.832. The van der Waals surface area contributed by atoms with E-state index in [-0.39, 0.29) is 11.4 Å². The van der Waals surface area contributed by atoms with Crippen LogP contribution in [0.5, 0.6) is 0 Å². The maximum absolute atomic E-state index is 12.0. The largest absolute Gasteiger partial charge is 0.347 e. The number of nitrogens with zero attached hydrogens (tertiary/aromatic N) is 1. The average molecular weight is 220 g/mol. The van der Waals surface area contributed by atoms with Crippen LogP contribution in [0.25, 0.3) is 0 Å². The summed E-state index contributed by atoms with van der Waals surface area (Å²) in [7, 11) is 0. The summed E-state index contributed by atoms with van der Waals surface area (Å²) >= 11 is 0. The predicted octanol–water partition coefficient (Wildman–Crippen LogP) is 2.73. The maximum atomic E-state index is 12.0. The molecule has 0 aliphatic rings. The number of nitrogens with one attached hydrogen (secondary N) is 1. The Bertz CT molecular complexity index is 378. The number of rotatable bonds is 2. The van der Waals surface area contributed by atoms with E-state index >= 15 is 0 Å². The number of aromatic nitrogens is 1. The van der Waals surface area contributed by atoms with E-state index in [4.69, 9.17) is 0 Å². The molecule has 0 unspecified atom stereocenters. The number of hydrogen-bond acceptors (Lipinski definition) is 2. The zero-order valence-electron chi connectivity index (χ0n) is 10.7. The van der Waals surface area contributed by atoms with Crippen molar-refractivity contribution in [3.8, 4) is 0 Å². The van der Waals surface area contributed by atoms with Gasteiger partial charge in [-0.2, -0.15) is 0 Å². The summed E-state index contributed by atoms with van der Waals surface area (Å²) in [6, 6.07) is 1.90. The standard InChI is InChI=1S/C13H20N2O/c1-9(2)10-6-7-14-8-11(10)12(16)15-13(3,4)5/h6-9H,1-5H3,(H,15,16). The molecule has 1 aromatic rings. The van der Waals surface area contributed by atoms with E-state index in [1.165, 1.54) is 0 Å². The molecule has 0 aliphatic heterocycles. The molecule has 0 spiro atoms. The van der Waals surface area contributed by atoms with E-state index < -0.39 is 0 Å². The van der Waals surface area contributed by atoms with Gasteiger partial charge in [0.1, 0.15) is 0 Å². The fraction of sp³-hybridized carbons (Fsp3) is 0.538. The van der Waals surface area contributed by atoms with Crippen molar-refractivity contribution in [2.24, 2.45) is 0 Å². The van der Waals surface area contributed by atoms with Crippen molar-refractivity contribution >= 4 is 5.91 Å². The molecule has 0 atom stereocenters. The molecule has 0 saturated heterocycles. The van der Waals surface area contributed by atoms with Crippen LogP contribution in [0.15, 0.2) is 18.5 Å². The van der Waals surface area contributed by atoms with Crippen molar-refractivity contribution in [3.05, 3.63) is 29.6 Å². The highest BCUT2D eigenvalue weighted by Gasteiger charge is 2.18. The molecule has 1 heterocycles. The van der Waals surface area contributed by atoms with Crippen LogP contribution in [0, 0.1) is 0 Å². The molecule has 0 bridgehead atoms. The van der Waals surface area contributed by atoms with Crippen molar-refractivity contribution in [2.45, 2.75) is 46.1 Å². The molecule has 0 radical (unpaired) electrons. The van der Waals surface area contributed by atoms with Gasteiger partial charge in [0.25, 0.3) is 5.91 Å². The fourth-order valence-corrected chi connectivity index (χ4v) is 1.51. The summed E-state index contributed by atoms with van der Waals surface area (Å²) in [4.78, 5) is 16.1. The molecule has 1 aromatic heterocycles. The van der Waals surface area contributed by atoms with Gasteiger partial charge < -0.3 is 5.32 Å². The Hall–Kier alpha value is -1.38. The molecular weight excluding hydrogens is 200 g/mol. The van der Waals surface area contributed by atoms with Gasteiger partial charge in [-0.05, 0) is 38.3 Å². The molecule has 0 saturated carbocycles. The SMILES string of the molecule is CC(C)c1ccncc1C(=O)NC(C)(C)C. The summed E-state index contributed by atoms with van der Waals surface area (Å²) in [5.74, 6) is 0.271. The number of carbonyl (C=O) groups is 1. The molecule has 1 N–H and O–H groups in total. The van der Waals surface area contributed by atoms with Crippen molar-refractivity contribution < 1.29 is 4.79 Å². The summed E-state index contributed by atoms with van der Waals surface area (Å²) < 4.78 is 0. The molecule has 3 nitrogen and oxygen atoms in total. The lowest BCUT2D eigenvalue weighted by atomic mass is 9.98. The molecule has 16 heavy (non-hydrogen) atoms. The first kappa shape index (κ1) is 12.7. The highest BCUT2D eigenvalue weighted by Crippen LogP contribution is 2.18. The van der Waals surface area contributed by atoms with E-state index in [0.29, 0.717) is 11.5 Å². The molecule has 0 aromatic carbocycles. The first-order valence-corrected chi connectivity index (χ1v) is 5.57. The van der Waals surface area contributed by atoms with Crippen LogP contribution in [0.3, 0.4) is 0 Å². The third kappa shape index (κ3) is 3.33. The smallest absolute Gasteiger partial charge is 0.253 e. The van der Waals surface area contributed by atoms with E-state index in [9.17, 15) is 4.79 Å². The summed E-state index contributed by atoms with van der Waals surface area (Å²) in [6.07, 6.45) is 3.36. The zero-order valence-corrected chi connectivity index (χ0v) is 10.7. The minimum atomic E-state index is -0.221. The van der Waals surface area contributed by atoms with Crippen LogP contribution >= 0.6 is 0 Å². The topological polar surface area (TPSA) is 42.0 Å². The molecule has 3 heteroatoms. The first-order chi connectivity index (χ1) is 7.31. The summed E-state index contributed by atoms with van der Waals surface area (Å²) in [6.45, 7) is 10.1. The van der Waals surface area contributed by atoms with Gasteiger partial charge in [-0.15, -0.1) is 0 Å². The second-order valence-corrected chi connectivity index (χ2v) is 5.32. The van der Waals surface area contributed by atoms with Crippen LogP contribution in [0.1, 0.15) is 56.5 Å². The Labute approximate surface area is 97.3 Å². The predicted molar refractivity (Wildman–Crippen MR) is 65.5 cm³/mol. The Kier molecular flexibility index (Phi) is 3.68. The number of pyridine rings is 1. The third-order valence-electron chi connectivity index (χ3n) is 2.21. The minimum absolute atomic E-state index is 0.0516. The summed E-state index contributed by atoms with van der Waals surface area (Å²) in [5.41, 5.74) is 1.49. The molecule has 1 amide bonds. The van der Waals surface area contributed by atoms with Crippen molar-refractivity contribution in [1.82, 2.24) is 10.3 Å². The Morgan fingerprint density at radius 3 is 2.50 bits per heavy atom. The first-order valence-electron chi connectivity index (χ1n) is 5.57. The van der Waals surface area contributed by atoms with E-state index in [1.54, 1.807) is 12.4 Å². The minimum Gasteiger partial charge on any atom is -0.347 e. The van der Waals surface area contributed by atoms with Crippen molar-refractivity contribution in [1.29, 1.82) is 0 Å². The second-order valence-electron chi connectivity index (χ2n) is 5.32. The number of carbonyl (C=O) groups excluding carboxylic acids is 1. The van der Waals surface area contributed by atoms with E-state index in [2.05, 4.69) is 24.1 Å². The highest BCUT2D eigenvalue weighted by atomic mass is 16.1. The van der Waals surface area contributed by atoms with E-state index in [0.717, 1.165) is 5.56 Å². The Morgan fingerprint density at radius 1 is 1.38 bits per heavy atom. The van der Waals surface area contributed by atoms with Gasteiger partial charge in [-0.25, -0.2) is 0 Å². The normalized spacial score (nSPS) is 11.6. The monoisotopic (exact) mass is 220 g/mol. The fourth-order valence-electron chi connectivity index (χ4n) is 1.51. The van der Waals surface area contributed by atoms with Gasteiger partial charge in [0.15, 0.2) is 0 Å². The summed E-state index contributed by atoms with van der Waals surface area (Å²) in [5, 5.41) is 2.95. The van der Waals surface area contributed by atoms with Crippen LogP contribution in [0.2, 0.25) is 0 Å². The molecule has 0 aliphatic carbocycles. The van der Waals surface area contributed by atoms with Crippen LogP contribution in [-0.4, -0.2) is 16.4 Å². The lowest BCUT2D eigenvalue weighted by Crippen LogP contribution is -2.41. The number of amides is 1. The van der Waals surface area contributed by atoms with Gasteiger partial charge in [0, 0.05) is 17.9 Å². The van der Waals surface area contributed by atoms with Crippen LogP contribution < -0.4 is 5.32 Å². The van der Waals surface area contributed by atoms with Gasteiger partial charge in [-0.3, -0.25) is 9.78 Å².